The average Bonchev–Trinajstić information content (AvgIpc) is 3.13. The summed E-state index contributed by atoms with van der Waals surface area (Å²) in [5.74, 6) is 0.241. The Morgan fingerprint density at radius 1 is 1.23 bits per heavy atom. The van der Waals surface area contributed by atoms with Crippen molar-refractivity contribution in [1.29, 1.82) is 0 Å². The number of anilines is 2. The third-order valence-electron chi connectivity index (χ3n) is 5.85. The van der Waals surface area contributed by atoms with Crippen LogP contribution in [0.2, 0.25) is 28.4 Å². The highest BCUT2D eigenvalue weighted by atomic mass is 35.5. The van der Waals surface area contributed by atoms with Crippen LogP contribution >= 0.6 is 23.2 Å². The Labute approximate surface area is 195 Å². The van der Waals surface area contributed by atoms with E-state index in [1.54, 1.807) is 24.3 Å². The first-order chi connectivity index (χ1) is 14.3. The van der Waals surface area contributed by atoms with Gasteiger partial charge < -0.3 is 9.74 Å². The lowest BCUT2D eigenvalue weighted by Crippen LogP contribution is -2.44. The minimum absolute atomic E-state index is 0.0115. The molecule has 0 aliphatic carbocycles. The van der Waals surface area contributed by atoms with E-state index in [1.165, 1.54) is 10.5 Å². The monoisotopic (exact) mass is 502 g/mol. The van der Waals surface area contributed by atoms with E-state index in [-0.39, 0.29) is 32.2 Å². The number of hydrogen-bond donors (Lipinski definition) is 1. The fraction of sp³-hybridized carbons (Fsp3) is 0.500. The van der Waals surface area contributed by atoms with Crippen molar-refractivity contribution in [1.82, 2.24) is 14.3 Å². The first-order valence-electron chi connectivity index (χ1n) is 10.0. The minimum atomic E-state index is -3.75. The normalized spacial score (nSPS) is 18.4. The SMILES string of the molecule is CC(C)(C)[Si](C)(C)OC1CCN(S(=O)(=O)c2ccccc2Nc2nc(Cl)ncc2Cl)C1. The molecule has 1 unspecified atom stereocenters. The van der Waals surface area contributed by atoms with Crippen LogP contribution in [0.25, 0.3) is 0 Å². The largest absolute Gasteiger partial charge is 0.413 e. The number of hydrogen-bond acceptors (Lipinski definition) is 6. The standard InChI is InChI=1S/C20H28Cl2N4O3SSi/c1-20(2,3)31(4,5)29-14-10-11-26(13-14)30(27,28)17-9-7-6-8-16(17)24-18-15(21)12-23-19(22)25-18/h6-9,12,14H,10-11,13H2,1-5H3,(H,23,24,25). The van der Waals surface area contributed by atoms with E-state index in [4.69, 9.17) is 27.6 Å². The van der Waals surface area contributed by atoms with Crippen LogP contribution < -0.4 is 5.32 Å². The molecule has 0 amide bonds. The zero-order valence-electron chi connectivity index (χ0n) is 18.3. The first kappa shape index (κ1) is 24.4. The minimum Gasteiger partial charge on any atom is -0.413 e. The Balaban J connectivity index is 1.83. The molecule has 31 heavy (non-hydrogen) atoms. The molecule has 0 saturated carbocycles. The summed E-state index contributed by atoms with van der Waals surface area (Å²) in [6.07, 6.45) is 1.93. The molecule has 2 aromatic rings. The van der Waals surface area contributed by atoms with E-state index in [1.807, 2.05) is 0 Å². The van der Waals surface area contributed by atoms with Crippen LogP contribution in [0.3, 0.4) is 0 Å². The maximum atomic E-state index is 13.5. The fourth-order valence-electron chi connectivity index (χ4n) is 3.10. The number of sulfonamides is 1. The summed E-state index contributed by atoms with van der Waals surface area (Å²) >= 11 is 12.0. The Morgan fingerprint density at radius 2 is 1.90 bits per heavy atom. The van der Waals surface area contributed by atoms with Gasteiger partial charge in [-0.1, -0.05) is 44.5 Å². The van der Waals surface area contributed by atoms with E-state index < -0.39 is 18.3 Å². The number of rotatable bonds is 6. The van der Waals surface area contributed by atoms with Crippen molar-refractivity contribution in [3.05, 3.63) is 40.8 Å². The lowest BCUT2D eigenvalue weighted by molar-refractivity contribution is 0.193. The molecule has 1 N–H and O–H groups in total. The van der Waals surface area contributed by atoms with Gasteiger partial charge in [0.2, 0.25) is 15.3 Å². The zero-order valence-corrected chi connectivity index (χ0v) is 21.6. The second kappa shape index (κ2) is 8.96. The van der Waals surface area contributed by atoms with Gasteiger partial charge in [-0.15, -0.1) is 0 Å². The van der Waals surface area contributed by atoms with Crippen LogP contribution in [0.5, 0.6) is 0 Å². The zero-order chi connectivity index (χ0) is 23.0. The lowest BCUT2D eigenvalue weighted by atomic mass is 10.2. The van der Waals surface area contributed by atoms with Crippen molar-refractivity contribution in [3.8, 4) is 0 Å². The third kappa shape index (κ3) is 5.40. The van der Waals surface area contributed by atoms with Crippen LogP contribution in [0.4, 0.5) is 11.5 Å². The Hall–Kier alpha value is -1.23. The molecule has 1 aromatic heterocycles. The molecule has 1 atom stereocenters. The molecular formula is C20H28Cl2N4O3SSi. The molecule has 7 nitrogen and oxygen atoms in total. The molecule has 1 aliphatic heterocycles. The highest BCUT2D eigenvalue weighted by Crippen LogP contribution is 2.39. The molecule has 0 spiro atoms. The van der Waals surface area contributed by atoms with Gasteiger partial charge in [0.15, 0.2) is 14.1 Å². The molecule has 170 valence electrons. The molecule has 1 aliphatic rings. The van der Waals surface area contributed by atoms with Gasteiger partial charge in [0.1, 0.15) is 9.92 Å². The summed E-state index contributed by atoms with van der Waals surface area (Å²) in [5, 5.41) is 3.29. The van der Waals surface area contributed by atoms with Crippen molar-refractivity contribution in [2.75, 3.05) is 18.4 Å². The highest BCUT2D eigenvalue weighted by Gasteiger charge is 2.42. The number of nitrogens with one attached hydrogen (secondary N) is 1. The fourth-order valence-corrected chi connectivity index (χ4v) is 6.39. The van der Waals surface area contributed by atoms with Gasteiger partial charge >= 0.3 is 0 Å². The van der Waals surface area contributed by atoms with Crippen LogP contribution in [-0.4, -0.2) is 50.2 Å². The molecule has 0 radical (unpaired) electrons. The summed E-state index contributed by atoms with van der Waals surface area (Å²) < 4.78 is 34.8. The van der Waals surface area contributed by atoms with Crippen LogP contribution in [0.1, 0.15) is 27.2 Å². The first-order valence-corrected chi connectivity index (χ1v) is 15.1. The van der Waals surface area contributed by atoms with Crippen molar-refractivity contribution in [2.24, 2.45) is 0 Å². The maximum absolute atomic E-state index is 13.5. The smallest absolute Gasteiger partial charge is 0.245 e. The van der Waals surface area contributed by atoms with E-state index in [0.29, 0.717) is 25.2 Å². The second-order valence-electron chi connectivity index (χ2n) is 9.11. The number of nitrogens with zero attached hydrogens (tertiary/aromatic N) is 3. The molecule has 2 heterocycles. The topological polar surface area (TPSA) is 84.4 Å². The highest BCUT2D eigenvalue weighted by molar-refractivity contribution is 7.89. The Kier molecular flexibility index (Phi) is 7.05. The summed E-state index contributed by atoms with van der Waals surface area (Å²) in [6, 6.07) is 6.66. The lowest BCUT2D eigenvalue weighted by Gasteiger charge is -2.38. The maximum Gasteiger partial charge on any atom is 0.245 e. The van der Waals surface area contributed by atoms with E-state index in [2.05, 4.69) is 49.1 Å². The van der Waals surface area contributed by atoms with Crippen molar-refractivity contribution in [3.63, 3.8) is 0 Å². The number of benzene rings is 1. The number of aromatic nitrogens is 2. The van der Waals surface area contributed by atoms with Gasteiger partial charge in [-0.2, -0.15) is 9.29 Å². The quantitative estimate of drug-likeness (QED) is 0.425. The van der Waals surface area contributed by atoms with Crippen molar-refractivity contribution in [2.45, 2.75) is 56.3 Å². The third-order valence-corrected chi connectivity index (χ3v) is 12.8. The Morgan fingerprint density at radius 3 is 2.58 bits per heavy atom. The second-order valence-corrected chi connectivity index (χ2v) is 16.5. The Bertz CT molecular complexity index is 1060. The van der Waals surface area contributed by atoms with Gasteiger partial charge in [0, 0.05) is 13.1 Å². The summed E-state index contributed by atoms with van der Waals surface area (Å²) in [4.78, 5) is 8.01. The van der Waals surface area contributed by atoms with Gasteiger partial charge in [-0.3, -0.25) is 0 Å². The number of para-hydroxylation sites is 1. The molecule has 0 bridgehead atoms. The van der Waals surface area contributed by atoms with Crippen LogP contribution in [0.15, 0.2) is 35.4 Å². The van der Waals surface area contributed by atoms with Crippen LogP contribution in [-0.2, 0) is 14.4 Å². The number of halogens is 2. The van der Waals surface area contributed by atoms with Gasteiger partial charge in [-0.25, -0.2) is 13.4 Å². The predicted octanol–water partition coefficient (Wildman–Crippen LogP) is 5.31. The van der Waals surface area contributed by atoms with Gasteiger partial charge in [0.25, 0.3) is 0 Å². The van der Waals surface area contributed by atoms with Crippen molar-refractivity contribution >= 4 is 53.0 Å². The van der Waals surface area contributed by atoms with E-state index >= 15 is 0 Å². The average molecular weight is 504 g/mol. The van der Waals surface area contributed by atoms with Gasteiger partial charge in [-0.05, 0) is 48.3 Å². The van der Waals surface area contributed by atoms with E-state index in [9.17, 15) is 8.42 Å². The molecule has 3 rings (SSSR count). The molecule has 11 heteroatoms. The molecular weight excluding hydrogens is 475 g/mol. The summed E-state index contributed by atoms with van der Waals surface area (Å²) in [5.41, 5.74) is 0.368. The van der Waals surface area contributed by atoms with Gasteiger partial charge in [0.05, 0.1) is 18.0 Å². The van der Waals surface area contributed by atoms with E-state index in [0.717, 1.165) is 0 Å². The van der Waals surface area contributed by atoms with Crippen molar-refractivity contribution < 1.29 is 12.8 Å². The molecule has 1 fully saturated rings. The summed E-state index contributed by atoms with van der Waals surface area (Å²) in [6.45, 7) is 11.6. The molecule has 1 saturated heterocycles. The summed E-state index contributed by atoms with van der Waals surface area (Å²) in [7, 11) is -5.74. The van der Waals surface area contributed by atoms with Crippen LogP contribution in [0, 0.1) is 0 Å². The predicted molar refractivity (Wildman–Crippen MR) is 127 cm³/mol. The molecule has 1 aromatic carbocycles.